The van der Waals surface area contributed by atoms with Crippen LogP contribution >= 0.6 is 0 Å². The van der Waals surface area contributed by atoms with Crippen LogP contribution < -0.4 is 14.8 Å². The van der Waals surface area contributed by atoms with E-state index in [1.165, 1.54) is 0 Å². The van der Waals surface area contributed by atoms with E-state index in [-0.39, 0.29) is 18.6 Å². The number of rotatable bonds is 6. The molecule has 1 aliphatic rings. The van der Waals surface area contributed by atoms with Crippen LogP contribution in [0.4, 0.5) is 0 Å². The minimum absolute atomic E-state index is 0.157. The number of nitrogens with one attached hydrogen (secondary N) is 1. The van der Waals surface area contributed by atoms with Gasteiger partial charge in [0, 0.05) is 6.42 Å². The SMILES string of the molecule is C[C@H](NC(=O)[C@H]1Cc2ccccc2O1)c1ccc(OCC(=O)O)cc1. The molecule has 1 heterocycles. The number of carbonyl (C=O) groups is 2. The molecule has 0 fully saturated rings. The number of carboxylic acids is 1. The largest absolute Gasteiger partial charge is 0.482 e. The van der Waals surface area contributed by atoms with Crippen LogP contribution in [0.3, 0.4) is 0 Å². The number of hydrogen-bond acceptors (Lipinski definition) is 4. The summed E-state index contributed by atoms with van der Waals surface area (Å²) >= 11 is 0. The van der Waals surface area contributed by atoms with Gasteiger partial charge in [0.1, 0.15) is 11.5 Å². The van der Waals surface area contributed by atoms with Gasteiger partial charge in [-0.3, -0.25) is 4.79 Å². The molecule has 25 heavy (non-hydrogen) atoms. The van der Waals surface area contributed by atoms with Crippen LogP contribution in [0.5, 0.6) is 11.5 Å². The molecule has 0 bridgehead atoms. The highest BCUT2D eigenvalue weighted by molar-refractivity contribution is 5.82. The van der Waals surface area contributed by atoms with Crippen LogP contribution in [0.15, 0.2) is 48.5 Å². The third kappa shape index (κ3) is 4.09. The quantitative estimate of drug-likeness (QED) is 0.842. The molecule has 0 saturated heterocycles. The van der Waals surface area contributed by atoms with Crippen LogP contribution in [0.2, 0.25) is 0 Å². The number of carbonyl (C=O) groups excluding carboxylic acids is 1. The first-order valence-corrected chi connectivity index (χ1v) is 8.02. The first-order chi connectivity index (χ1) is 12.0. The van der Waals surface area contributed by atoms with Gasteiger partial charge in [-0.05, 0) is 36.2 Å². The molecule has 0 aromatic heterocycles. The van der Waals surface area contributed by atoms with Crippen molar-refractivity contribution in [3.8, 4) is 11.5 Å². The Morgan fingerprint density at radius 3 is 2.64 bits per heavy atom. The molecule has 1 aliphatic heterocycles. The fourth-order valence-electron chi connectivity index (χ4n) is 2.72. The first-order valence-electron chi connectivity index (χ1n) is 8.02. The Hall–Kier alpha value is -3.02. The number of aliphatic carboxylic acids is 1. The van der Waals surface area contributed by atoms with Crippen LogP contribution in [0.1, 0.15) is 24.1 Å². The van der Waals surface area contributed by atoms with Crippen LogP contribution in [0.25, 0.3) is 0 Å². The standard InChI is InChI=1S/C19H19NO5/c1-12(13-6-8-15(9-7-13)24-11-18(21)22)20-19(23)17-10-14-4-2-3-5-16(14)25-17/h2-9,12,17H,10-11H2,1H3,(H,20,23)(H,21,22)/t12-,17+/m0/s1. The molecule has 0 unspecified atom stereocenters. The van der Waals surface area contributed by atoms with Crippen LogP contribution in [0, 0.1) is 0 Å². The molecule has 6 heteroatoms. The van der Waals surface area contributed by atoms with Gasteiger partial charge < -0.3 is 19.9 Å². The smallest absolute Gasteiger partial charge is 0.341 e. The van der Waals surface area contributed by atoms with Crippen molar-refractivity contribution >= 4 is 11.9 Å². The summed E-state index contributed by atoms with van der Waals surface area (Å²) in [6, 6.07) is 14.4. The summed E-state index contributed by atoms with van der Waals surface area (Å²) < 4.78 is 10.8. The van der Waals surface area contributed by atoms with Crippen molar-refractivity contribution in [1.29, 1.82) is 0 Å². The summed E-state index contributed by atoms with van der Waals surface area (Å²) in [7, 11) is 0. The fraction of sp³-hybridized carbons (Fsp3) is 0.263. The molecule has 3 rings (SSSR count). The number of benzene rings is 2. The lowest BCUT2D eigenvalue weighted by Crippen LogP contribution is -2.38. The van der Waals surface area contributed by atoms with E-state index in [0.717, 1.165) is 16.9 Å². The number of para-hydroxylation sites is 1. The summed E-state index contributed by atoms with van der Waals surface area (Å²) in [5.41, 5.74) is 1.93. The van der Waals surface area contributed by atoms with Gasteiger partial charge in [0.15, 0.2) is 12.7 Å². The average Bonchev–Trinajstić information content (AvgIpc) is 3.04. The van der Waals surface area contributed by atoms with Gasteiger partial charge in [-0.1, -0.05) is 30.3 Å². The molecule has 0 spiro atoms. The molecule has 1 amide bonds. The normalized spacial score (nSPS) is 16.4. The van der Waals surface area contributed by atoms with Crippen molar-refractivity contribution in [2.24, 2.45) is 0 Å². The molecular weight excluding hydrogens is 322 g/mol. The molecule has 130 valence electrons. The summed E-state index contributed by atoms with van der Waals surface area (Å²) in [5.74, 6) is 0.0478. The van der Waals surface area contributed by atoms with E-state index in [2.05, 4.69) is 5.32 Å². The average molecular weight is 341 g/mol. The number of amides is 1. The van der Waals surface area contributed by atoms with Gasteiger partial charge in [0.05, 0.1) is 6.04 Å². The molecule has 0 saturated carbocycles. The van der Waals surface area contributed by atoms with E-state index < -0.39 is 12.1 Å². The highest BCUT2D eigenvalue weighted by Crippen LogP contribution is 2.28. The minimum atomic E-state index is -1.03. The molecule has 0 radical (unpaired) electrons. The van der Waals surface area contributed by atoms with E-state index >= 15 is 0 Å². The Bertz CT molecular complexity index is 747. The number of fused-ring (bicyclic) bond motifs is 1. The van der Waals surface area contributed by atoms with Crippen molar-refractivity contribution in [3.63, 3.8) is 0 Å². The van der Waals surface area contributed by atoms with Crippen LogP contribution in [-0.2, 0) is 16.0 Å². The van der Waals surface area contributed by atoms with Gasteiger partial charge in [-0.15, -0.1) is 0 Å². The van der Waals surface area contributed by atoms with E-state index in [9.17, 15) is 9.59 Å². The maximum Gasteiger partial charge on any atom is 0.341 e. The van der Waals surface area contributed by atoms with E-state index in [0.29, 0.717) is 12.2 Å². The van der Waals surface area contributed by atoms with Gasteiger partial charge in [0.25, 0.3) is 5.91 Å². The second-order valence-electron chi connectivity index (χ2n) is 5.90. The monoisotopic (exact) mass is 341 g/mol. The van der Waals surface area contributed by atoms with Crippen molar-refractivity contribution in [3.05, 3.63) is 59.7 Å². The molecular formula is C19H19NO5. The molecule has 2 aromatic rings. The number of ether oxygens (including phenoxy) is 2. The Balaban J connectivity index is 1.56. The lowest BCUT2D eigenvalue weighted by molar-refractivity contribution is -0.139. The lowest BCUT2D eigenvalue weighted by atomic mass is 10.1. The predicted molar refractivity (Wildman–Crippen MR) is 90.7 cm³/mol. The Morgan fingerprint density at radius 2 is 1.96 bits per heavy atom. The molecule has 0 aliphatic carbocycles. The topological polar surface area (TPSA) is 84.9 Å². The summed E-state index contributed by atoms with van der Waals surface area (Å²) in [6.07, 6.45) is 0.0504. The predicted octanol–water partition coefficient (Wildman–Crippen LogP) is 2.33. The van der Waals surface area contributed by atoms with Crippen molar-refractivity contribution < 1.29 is 24.2 Å². The van der Waals surface area contributed by atoms with Gasteiger partial charge in [-0.25, -0.2) is 4.79 Å². The number of carboxylic acid groups (broad SMARTS) is 1. The maximum absolute atomic E-state index is 12.4. The van der Waals surface area contributed by atoms with E-state index in [1.807, 2.05) is 31.2 Å². The number of hydrogen-bond donors (Lipinski definition) is 2. The Labute approximate surface area is 145 Å². The Morgan fingerprint density at radius 1 is 1.24 bits per heavy atom. The molecule has 2 aromatic carbocycles. The second-order valence-corrected chi connectivity index (χ2v) is 5.90. The van der Waals surface area contributed by atoms with E-state index in [4.69, 9.17) is 14.6 Å². The summed E-state index contributed by atoms with van der Waals surface area (Å²) in [5, 5.41) is 11.5. The van der Waals surface area contributed by atoms with Gasteiger partial charge >= 0.3 is 5.97 Å². The van der Waals surface area contributed by atoms with Crippen molar-refractivity contribution in [1.82, 2.24) is 5.32 Å². The Kier molecular flexibility index (Phi) is 4.88. The molecule has 6 nitrogen and oxygen atoms in total. The zero-order valence-electron chi connectivity index (χ0n) is 13.8. The highest BCUT2D eigenvalue weighted by Gasteiger charge is 2.29. The minimum Gasteiger partial charge on any atom is -0.482 e. The van der Waals surface area contributed by atoms with Crippen LogP contribution in [-0.4, -0.2) is 29.7 Å². The first kappa shape index (κ1) is 16.8. The van der Waals surface area contributed by atoms with Gasteiger partial charge in [0.2, 0.25) is 0 Å². The van der Waals surface area contributed by atoms with Gasteiger partial charge in [-0.2, -0.15) is 0 Å². The fourth-order valence-corrected chi connectivity index (χ4v) is 2.72. The van der Waals surface area contributed by atoms with Crippen molar-refractivity contribution in [2.75, 3.05) is 6.61 Å². The zero-order valence-corrected chi connectivity index (χ0v) is 13.8. The molecule has 2 atom stereocenters. The second kappa shape index (κ2) is 7.25. The summed E-state index contributed by atoms with van der Waals surface area (Å²) in [6.45, 7) is 1.50. The summed E-state index contributed by atoms with van der Waals surface area (Å²) in [4.78, 5) is 22.9. The van der Waals surface area contributed by atoms with E-state index in [1.54, 1.807) is 24.3 Å². The lowest BCUT2D eigenvalue weighted by Gasteiger charge is -2.18. The third-order valence-corrected chi connectivity index (χ3v) is 4.04. The zero-order chi connectivity index (χ0) is 17.8. The highest BCUT2D eigenvalue weighted by atomic mass is 16.5. The molecule has 2 N–H and O–H groups in total. The maximum atomic E-state index is 12.4. The third-order valence-electron chi connectivity index (χ3n) is 4.04. The van der Waals surface area contributed by atoms with Crippen molar-refractivity contribution in [2.45, 2.75) is 25.5 Å².